The molecule has 5 rings (SSSR count). The van der Waals surface area contributed by atoms with Crippen molar-refractivity contribution in [1.82, 2.24) is 26.2 Å². The van der Waals surface area contributed by atoms with Crippen molar-refractivity contribution in [2.45, 2.75) is 25.9 Å². The zero-order valence-electron chi connectivity index (χ0n) is 19.4. The quantitative estimate of drug-likeness (QED) is 0.509. The number of hydrogen-bond acceptors (Lipinski definition) is 7. The number of aliphatic imine (C=N–C) groups is 1. The zero-order chi connectivity index (χ0) is 24.4. The van der Waals surface area contributed by atoms with Crippen molar-refractivity contribution in [3.8, 4) is 5.75 Å². The first-order valence-corrected chi connectivity index (χ1v) is 12.1. The Morgan fingerprint density at radius 1 is 1.34 bits per heavy atom. The van der Waals surface area contributed by atoms with Gasteiger partial charge in [-0.1, -0.05) is 29.3 Å². The van der Waals surface area contributed by atoms with Gasteiger partial charge in [-0.25, -0.2) is 9.18 Å². The third kappa shape index (κ3) is 5.30. The van der Waals surface area contributed by atoms with Gasteiger partial charge in [-0.05, 0) is 43.9 Å². The fourth-order valence-electron chi connectivity index (χ4n) is 4.51. The highest BCUT2D eigenvalue weighted by Gasteiger charge is 2.29. The van der Waals surface area contributed by atoms with E-state index < -0.39 is 0 Å². The summed E-state index contributed by atoms with van der Waals surface area (Å²) in [6.07, 6.45) is 6.59. The predicted molar refractivity (Wildman–Crippen MR) is 133 cm³/mol. The molecule has 4 heterocycles. The van der Waals surface area contributed by atoms with Crippen LogP contribution in [-0.4, -0.2) is 49.6 Å². The van der Waals surface area contributed by atoms with Gasteiger partial charge in [0, 0.05) is 43.2 Å². The molecule has 1 saturated heterocycles. The van der Waals surface area contributed by atoms with Crippen LogP contribution in [0.4, 0.5) is 9.18 Å². The van der Waals surface area contributed by atoms with E-state index in [2.05, 4.69) is 26.3 Å². The Morgan fingerprint density at radius 2 is 2.17 bits per heavy atom. The second-order valence-corrected chi connectivity index (χ2v) is 9.48. The fourth-order valence-corrected chi connectivity index (χ4v) is 4.69. The van der Waals surface area contributed by atoms with Crippen LogP contribution in [0.2, 0.25) is 0 Å². The second-order valence-electron chi connectivity index (χ2n) is 9.04. The number of carbonyl (C=O) groups is 1. The molecule has 10 heteroatoms. The second kappa shape index (κ2) is 10.0. The van der Waals surface area contributed by atoms with E-state index in [1.807, 2.05) is 25.1 Å². The largest absolute Gasteiger partial charge is 0.415 e. The third-order valence-corrected chi connectivity index (χ3v) is 6.63. The van der Waals surface area contributed by atoms with Crippen LogP contribution in [0.5, 0.6) is 5.75 Å². The molecule has 4 aliphatic rings. The van der Waals surface area contributed by atoms with E-state index in [0.29, 0.717) is 42.1 Å². The average Bonchev–Trinajstić information content (AvgIpc) is 3.28. The molecule has 0 aromatic heterocycles. The van der Waals surface area contributed by atoms with Gasteiger partial charge in [-0.15, -0.1) is 0 Å². The molecule has 1 fully saturated rings. The Hall–Kier alpha value is -3.46. The number of nitrogens with zero attached hydrogens (tertiary/aromatic N) is 2. The van der Waals surface area contributed by atoms with Gasteiger partial charge in [0.1, 0.15) is 23.6 Å². The van der Waals surface area contributed by atoms with Crippen LogP contribution >= 0.6 is 11.6 Å². The van der Waals surface area contributed by atoms with Crippen LogP contribution in [0, 0.1) is 12.8 Å². The standard InChI is InChI=1S/C25H28ClFN6O2/c1-15-4-6-18(7-5-15)35-25(34)33-8-2-3-16(14-33)10-28-24-21(27)13-31-23(32-24)20-12-30-22-19(20)9-17(26)11-29-22/h4-7,9,11-12,16,22,28-29,31-32H,2-3,8,10,13-14H2,1H3/t16-,22+/m1/s1. The Kier molecular flexibility index (Phi) is 6.68. The van der Waals surface area contributed by atoms with Crippen molar-refractivity contribution in [2.24, 2.45) is 10.9 Å². The summed E-state index contributed by atoms with van der Waals surface area (Å²) >= 11 is 6.15. The van der Waals surface area contributed by atoms with Gasteiger partial charge in [0.15, 0.2) is 5.83 Å². The number of rotatable bonds is 4. The summed E-state index contributed by atoms with van der Waals surface area (Å²) < 4.78 is 20.2. The van der Waals surface area contributed by atoms with Crippen LogP contribution in [-0.2, 0) is 0 Å². The Balaban J connectivity index is 1.19. The molecule has 35 heavy (non-hydrogen) atoms. The smallest absolute Gasteiger partial charge is 0.410 e. The van der Waals surface area contributed by atoms with Crippen molar-refractivity contribution >= 4 is 23.9 Å². The monoisotopic (exact) mass is 498 g/mol. The number of amides is 1. The van der Waals surface area contributed by atoms with E-state index in [-0.39, 0.29) is 30.5 Å². The molecule has 1 aromatic carbocycles. The molecule has 2 atom stereocenters. The van der Waals surface area contributed by atoms with Crippen molar-refractivity contribution in [1.29, 1.82) is 0 Å². The summed E-state index contributed by atoms with van der Waals surface area (Å²) in [7, 11) is 0. The number of allylic oxidation sites excluding steroid dienone is 2. The normalized spacial score (nSPS) is 25.6. The summed E-state index contributed by atoms with van der Waals surface area (Å²) in [4.78, 5) is 18.8. The fraction of sp³-hybridized carbons (Fsp3) is 0.360. The third-order valence-electron chi connectivity index (χ3n) is 6.41. The first kappa shape index (κ1) is 23.3. The van der Waals surface area contributed by atoms with Gasteiger partial charge in [-0.3, -0.25) is 4.99 Å². The van der Waals surface area contributed by atoms with Crippen LogP contribution in [0.15, 0.2) is 75.2 Å². The first-order valence-electron chi connectivity index (χ1n) is 11.7. The van der Waals surface area contributed by atoms with Gasteiger partial charge in [0.25, 0.3) is 0 Å². The molecule has 4 N–H and O–H groups in total. The molecular weight excluding hydrogens is 471 g/mol. The number of likely N-dealkylation sites (tertiary alicyclic amines) is 1. The summed E-state index contributed by atoms with van der Waals surface area (Å²) in [5.74, 6) is 1.40. The SMILES string of the molecule is Cc1ccc(OC(=O)N2CCC[C@H](CNC3=C(F)CNC(=C4C=N[C@@H]5NC=C(Cl)C=C45)N3)C2)cc1. The average molecular weight is 499 g/mol. The van der Waals surface area contributed by atoms with Gasteiger partial charge < -0.3 is 30.9 Å². The number of piperidine rings is 1. The maximum atomic E-state index is 14.6. The number of hydrogen-bond donors (Lipinski definition) is 4. The van der Waals surface area contributed by atoms with Crippen LogP contribution in [0.25, 0.3) is 0 Å². The predicted octanol–water partition coefficient (Wildman–Crippen LogP) is 3.36. The number of nitrogens with one attached hydrogen (secondary N) is 4. The first-order chi connectivity index (χ1) is 17.0. The molecular formula is C25H28ClFN6O2. The van der Waals surface area contributed by atoms with E-state index in [9.17, 15) is 9.18 Å². The molecule has 8 nitrogen and oxygen atoms in total. The number of carbonyl (C=O) groups excluding carboxylic acids is 1. The molecule has 4 aliphatic heterocycles. The van der Waals surface area contributed by atoms with Gasteiger partial charge in [-0.2, -0.15) is 0 Å². The highest BCUT2D eigenvalue weighted by atomic mass is 35.5. The molecule has 1 amide bonds. The molecule has 0 aliphatic carbocycles. The number of ether oxygens (including phenoxy) is 1. The lowest BCUT2D eigenvalue weighted by Crippen LogP contribution is -2.46. The molecule has 0 saturated carbocycles. The zero-order valence-corrected chi connectivity index (χ0v) is 20.2. The number of dihydropyridines is 1. The Bertz CT molecular complexity index is 1160. The van der Waals surface area contributed by atoms with Gasteiger partial charge in [0.05, 0.1) is 11.6 Å². The van der Waals surface area contributed by atoms with E-state index in [0.717, 1.165) is 29.6 Å². The topological polar surface area (TPSA) is 90.0 Å². The highest BCUT2D eigenvalue weighted by Crippen LogP contribution is 2.28. The lowest BCUT2D eigenvalue weighted by Gasteiger charge is -2.33. The van der Waals surface area contributed by atoms with Crippen LogP contribution in [0.1, 0.15) is 18.4 Å². The molecule has 0 bridgehead atoms. The van der Waals surface area contributed by atoms with Crippen molar-refractivity contribution in [3.05, 3.63) is 75.8 Å². The highest BCUT2D eigenvalue weighted by molar-refractivity contribution is 6.31. The van der Waals surface area contributed by atoms with E-state index >= 15 is 0 Å². The maximum Gasteiger partial charge on any atom is 0.415 e. The molecule has 0 radical (unpaired) electrons. The van der Waals surface area contributed by atoms with Gasteiger partial charge >= 0.3 is 6.09 Å². The molecule has 0 spiro atoms. The van der Waals surface area contributed by atoms with Crippen molar-refractivity contribution in [2.75, 3.05) is 26.2 Å². The number of halogens is 2. The molecule has 0 unspecified atom stereocenters. The lowest BCUT2D eigenvalue weighted by atomic mass is 9.98. The summed E-state index contributed by atoms with van der Waals surface area (Å²) in [6.45, 7) is 3.78. The Labute approximate surface area is 208 Å². The minimum atomic E-state index is -0.354. The van der Waals surface area contributed by atoms with Crippen molar-refractivity contribution in [3.63, 3.8) is 0 Å². The van der Waals surface area contributed by atoms with Gasteiger partial charge in [0.2, 0.25) is 0 Å². The summed E-state index contributed by atoms with van der Waals surface area (Å²) in [6, 6.07) is 7.41. The Morgan fingerprint density at radius 3 is 3.00 bits per heavy atom. The van der Waals surface area contributed by atoms with Crippen LogP contribution in [0.3, 0.4) is 0 Å². The lowest BCUT2D eigenvalue weighted by molar-refractivity contribution is 0.126. The number of aryl methyl sites for hydroxylation is 1. The summed E-state index contributed by atoms with van der Waals surface area (Å²) in [5.41, 5.74) is 2.86. The molecule has 1 aromatic rings. The van der Waals surface area contributed by atoms with E-state index in [1.54, 1.807) is 29.4 Å². The minimum Gasteiger partial charge on any atom is -0.410 e. The number of fused-ring (bicyclic) bond motifs is 1. The van der Waals surface area contributed by atoms with E-state index in [4.69, 9.17) is 16.3 Å². The van der Waals surface area contributed by atoms with Crippen molar-refractivity contribution < 1.29 is 13.9 Å². The summed E-state index contributed by atoms with van der Waals surface area (Å²) in [5, 5.41) is 13.1. The minimum absolute atomic E-state index is 0.0661. The maximum absolute atomic E-state index is 14.6. The number of benzene rings is 1. The molecule has 184 valence electrons. The van der Waals surface area contributed by atoms with Crippen LogP contribution < -0.4 is 26.0 Å². The van der Waals surface area contributed by atoms with E-state index in [1.165, 1.54) is 0 Å².